The van der Waals surface area contributed by atoms with Crippen LogP contribution < -0.4 is 11.1 Å². The smallest absolute Gasteiger partial charge is 0.370 e. The second kappa shape index (κ2) is 22.7. The van der Waals surface area contributed by atoms with Crippen LogP contribution in [0.15, 0.2) is 4.99 Å². The molecule has 2 fully saturated rings. The number of carboxylic acid groups (broad SMARTS) is 1. The Hall–Kier alpha value is -1.87. The summed E-state index contributed by atoms with van der Waals surface area (Å²) in [4.78, 5) is 28.2. The largest absolute Gasteiger partial charge is 0.475 e. The van der Waals surface area contributed by atoms with Gasteiger partial charge in [-0.1, -0.05) is 110 Å². The van der Waals surface area contributed by atoms with Crippen LogP contribution in [0.2, 0.25) is 0 Å². The second-order valence-corrected chi connectivity index (χ2v) is 13.5. The highest BCUT2D eigenvalue weighted by atomic mass is 16.7. The third-order valence-corrected chi connectivity index (χ3v) is 9.46. The first kappa shape index (κ1) is 41.3. The number of hydrogen-bond acceptors (Lipinski definition) is 10. The minimum Gasteiger partial charge on any atom is -0.475 e. The lowest BCUT2D eigenvalue weighted by molar-refractivity contribution is -0.295. The van der Waals surface area contributed by atoms with Crippen molar-refractivity contribution in [2.24, 2.45) is 10.7 Å². The summed E-state index contributed by atoms with van der Waals surface area (Å²) in [5, 5.41) is 63.0. The van der Waals surface area contributed by atoms with E-state index in [0.29, 0.717) is 6.42 Å². The zero-order valence-corrected chi connectivity index (χ0v) is 28.5. The summed E-state index contributed by atoms with van der Waals surface area (Å²) in [6.45, 7) is 3.86. The molecule has 274 valence electrons. The number of aliphatic hydroxyl groups is 5. The lowest BCUT2D eigenvalue weighted by atomic mass is 9.84. The van der Waals surface area contributed by atoms with Gasteiger partial charge in [-0.25, -0.2) is 4.79 Å². The molecule has 1 aliphatic carbocycles. The summed E-state index contributed by atoms with van der Waals surface area (Å²) in [5.41, 5.74) is 5.53. The molecular formula is C34H63N3O10. The minimum atomic E-state index is -1.79. The average molecular weight is 674 g/mol. The van der Waals surface area contributed by atoms with Crippen LogP contribution in [0.25, 0.3) is 0 Å². The molecule has 0 spiro atoms. The summed E-state index contributed by atoms with van der Waals surface area (Å²) in [5.74, 6) is -2.29. The molecule has 2 unspecified atom stereocenters. The molecule has 0 aromatic carbocycles. The van der Waals surface area contributed by atoms with Gasteiger partial charge in [-0.3, -0.25) is 9.79 Å². The summed E-state index contributed by atoms with van der Waals surface area (Å²) in [6.07, 6.45) is 8.93. The molecule has 13 heteroatoms. The van der Waals surface area contributed by atoms with Crippen LogP contribution in [0.5, 0.6) is 0 Å². The fourth-order valence-electron chi connectivity index (χ4n) is 6.41. The van der Waals surface area contributed by atoms with Crippen LogP contribution in [-0.4, -0.2) is 109 Å². The molecule has 1 saturated carbocycles. The predicted octanol–water partition coefficient (Wildman–Crippen LogP) is 2.66. The molecule has 1 heterocycles. The van der Waals surface area contributed by atoms with Gasteiger partial charge in [0.25, 0.3) is 0 Å². The fraction of sp³-hybridized carbons (Fsp3) is 0.912. The van der Waals surface area contributed by atoms with Crippen LogP contribution in [0.4, 0.5) is 0 Å². The van der Waals surface area contributed by atoms with Crippen molar-refractivity contribution in [1.82, 2.24) is 5.32 Å². The van der Waals surface area contributed by atoms with Crippen molar-refractivity contribution < 1.29 is 49.7 Å². The molecule has 0 aromatic heterocycles. The highest BCUT2D eigenvalue weighted by molar-refractivity contribution is 6.33. The Bertz CT molecular complexity index is 909. The lowest BCUT2D eigenvalue weighted by Gasteiger charge is -2.45. The first-order chi connectivity index (χ1) is 22.5. The zero-order chi connectivity index (χ0) is 34.8. The number of hydrogen-bond donors (Lipinski definition) is 8. The van der Waals surface area contributed by atoms with E-state index in [9.17, 15) is 35.1 Å². The monoisotopic (exact) mass is 673 g/mol. The third kappa shape index (κ3) is 14.6. The van der Waals surface area contributed by atoms with Crippen LogP contribution in [0, 0.1) is 0 Å². The van der Waals surface area contributed by atoms with Crippen molar-refractivity contribution in [3.63, 3.8) is 0 Å². The van der Waals surface area contributed by atoms with Gasteiger partial charge in [-0.05, 0) is 19.8 Å². The molecule has 0 bridgehead atoms. The van der Waals surface area contributed by atoms with Crippen molar-refractivity contribution in [2.45, 2.75) is 197 Å². The van der Waals surface area contributed by atoms with Gasteiger partial charge in [0.15, 0.2) is 6.29 Å². The average Bonchev–Trinajstić information content (AvgIpc) is 3.04. The second-order valence-electron chi connectivity index (χ2n) is 13.5. The van der Waals surface area contributed by atoms with Gasteiger partial charge < -0.3 is 51.2 Å². The minimum absolute atomic E-state index is 0.0806. The van der Waals surface area contributed by atoms with Gasteiger partial charge >= 0.3 is 5.97 Å². The number of nitrogens with zero attached hydrogens (tertiary/aromatic N) is 1. The summed E-state index contributed by atoms with van der Waals surface area (Å²) in [6, 6.07) is -1.61. The maximum absolute atomic E-state index is 12.9. The molecule has 10 atom stereocenters. The topological polar surface area (TPSA) is 224 Å². The number of carbonyl (C=O) groups excluding carboxylic acids is 1. The Morgan fingerprint density at radius 1 is 0.745 bits per heavy atom. The summed E-state index contributed by atoms with van der Waals surface area (Å²) in [7, 11) is 0. The molecule has 0 aromatic rings. The standard InChI is InChI=1S/C34H63N3O10/c1-3-4-5-6-7-8-9-10-11-12-13-14-15-16-17-18-19-20-25(38)36-24-21-23(37-32(35)33(44)45)22(2)46-34(24)47-31-29(42)27(40)26(39)28(41)30(31)43/h22-24,26-31,34,39-43H,3-21H2,1-2H3,(H2,35,37)(H,36,38)(H,44,45)/t22-,23+,24+,26?,27-,28+,29+,30-,31?,34-/m1/s1. The van der Waals surface area contributed by atoms with E-state index in [4.69, 9.17) is 20.3 Å². The fourth-order valence-corrected chi connectivity index (χ4v) is 6.41. The zero-order valence-electron chi connectivity index (χ0n) is 28.5. The van der Waals surface area contributed by atoms with Gasteiger partial charge in [0, 0.05) is 6.42 Å². The number of amides is 1. The SMILES string of the molecule is CCCCCCCCCCCCCCCCCCCC(=O)N[C@H]1C[C@H](N=C(N)C(=O)O)[C@@H](C)O[C@@H]1OC1[C@@H](O)[C@H](O)C(O)[C@H](O)[C@H]1O. The van der Waals surface area contributed by atoms with Crippen LogP contribution in [0.3, 0.4) is 0 Å². The number of carboxylic acids is 1. The molecule has 1 amide bonds. The number of unbranched alkanes of at least 4 members (excludes halogenated alkanes) is 16. The number of nitrogens with one attached hydrogen (secondary N) is 1. The normalized spacial score (nSPS) is 31.5. The van der Waals surface area contributed by atoms with E-state index in [-0.39, 0.29) is 18.7 Å². The summed E-state index contributed by atoms with van der Waals surface area (Å²) < 4.78 is 11.7. The number of aliphatic imine (C=N–C) groups is 1. The Kier molecular flexibility index (Phi) is 20.0. The molecule has 2 rings (SSSR count). The van der Waals surface area contributed by atoms with Gasteiger partial charge in [-0.2, -0.15) is 0 Å². The Balaban J connectivity index is 1.74. The first-order valence-electron chi connectivity index (χ1n) is 18.0. The maximum atomic E-state index is 12.9. The molecular weight excluding hydrogens is 610 g/mol. The van der Waals surface area contributed by atoms with E-state index in [1.807, 2.05) is 0 Å². The van der Waals surface area contributed by atoms with Crippen molar-refractivity contribution >= 4 is 17.7 Å². The van der Waals surface area contributed by atoms with Crippen molar-refractivity contribution in [3.8, 4) is 0 Å². The third-order valence-electron chi connectivity index (χ3n) is 9.46. The number of rotatable bonds is 22. The first-order valence-corrected chi connectivity index (χ1v) is 18.0. The van der Waals surface area contributed by atoms with E-state index >= 15 is 0 Å². The highest BCUT2D eigenvalue weighted by Gasteiger charge is 2.51. The molecule has 2 aliphatic rings. The van der Waals surface area contributed by atoms with E-state index in [1.165, 1.54) is 83.5 Å². The number of nitrogens with two attached hydrogens (primary N) is 1. The van der Waals surface area contributed by atoms with E-state index < -0.39 is 72.9 Å². The number of carbonyl (C=O) groups is 2. The number of aliphatic hydroxyl groups excluding tert-OH is 5. The molecule has 13 nitrogen and oxygen atoms in total. The van der Waals surface area contributed by atoms with Crippen molar-refractivity contribution in [1.29, 1.82) is 0 Å². The molecule has 1 aliphatic heterocycles. The van der Waals surface area contributed by atoms with Crippen LogP contribution in [0.1, 0.15) is 136 Å². The molecule has 1 saturated heterocycles. The highest BCUT2D eigenvalue weighted by Crippen LogP contribution is 2.30. The number of amidine groups is 1. The Labute approximate surface area is 280 Å². The quantitative estimate of drug-likeness (QED) is 0.0474. The van der Waals surface area contributed by atoms with Gasteiger partial charge in [0.1, 0.15) is 36.6 Å². The van der Waals surface area contributed by atoms with E-state index in [0.717, 1.165) is 19.3 Å². The van der Waals surface area contributed by atoms with Gasteiger partial charge in [0.2, 0.25) is 11.7 Å². The maximum Gasteiger partial charge on any atom is 0.370 e. The van der Waals surface area contributed by atoms with Crippen LogP contribution >= 0.6 is 0 Å². The van der Waals surface area contributed by atoms with Crippen molar-refractivity contribution in [3.05, 3.63) is 0 Å². The number of aliphatic carboxylic acids is 1. The predicted molar refractivity (Wildman–Crippen MR) is 178 cm³/mol. The van der Waals surface area contributed by atoms with Gasteiger partial charge in [0.05, 0.1) is 18.2 Å². The van der Waals surface area contributed by atoms with Gasteiger partial charge in [-0.15, -0.1) is 0 Å². The van der Waals surface area contributed by atoms with E-state index in [2.05, 4.69) is 17.2 Å². The summed E-state index contributed by atoms with van der Waals surface area (Å²) >= 11 is 0. The van der Waals surface area contributed by atoms with Crippen molar-refractivity contribution in [2.75, 3.05) is 0 Å². The number of ether oxygens (including phenoxy) is 2. The molecule has 47 heavy (non-hydrogen) atoms. The van der Waals surface area contributed by atoms with Crippen LogP contribution in [-0.2, 0) is 19.1 Å². The molecule has 0 radical (unpaired) electrons. The Morgan fingerprint density at radius 2 is 1.17 bits per heavy atom. The molecule has 9 N–H and O–H groups in total. The lowest BCUT2D eigenvalue weighted by Crippen LogP contribution is -2.66. The Morgan fingerprint density at radius 3 is 1.62 bits per heavy atom. The van der Waals surface area contributed by atoms with E-state index in [1.54, 1.807) is 6.92 Å².